The van der Waals surface area contributed by atoms with Crippen LogP contribution in [0.25, 0.3) is 10.3 Å². The van der Waals surface area contributed by atoms with E-state index in [9.17, 15) is 13.2 Å². The van der Waals surface area contributed by atoms with E-state index in [4.69, 9.17) is 5.73 Å². The van der Waals surface area contributed by atoms with Crippen LogP contribution in [0.4, 0.5) is 18.9 Å². The number of aromatic nitrogens is 1. The Morgan fingerprint density at radius 2 is 2.07 bits per heavy atom. The van der Waals surface area contributed by atoms with E-state index >= 15 is 0 Å². The highest BCUT2D eigenvalue weighted by Gasteiger charge is 2.38. The molecular formula is C7H5F3N2OS. The van der Waals surface area contributed by atoms with Crippen molar-refractivity contribution in [3.05, 3.63) is 10.6 Å². The number of nitrogens with zero attached hydrogens (tertiary/aromatic N) is 1. The molecule has 0 radical (unpaired) electrons. The number of nitrogen functional groups attached to an aromatic ring is 1. The van der Waals surface area contributed by atoms with Gasteiger partial charge in [-0.1, -0.05) is 5.16 Å². The van der Waals surface area contributed by atoms with Gasteiger partial charge < -0.3 is 10.3 Å². The van der Waals surface area contributed by atoms with Crippen molar-refractivity contribution in [3.8, 4) is 0 Å². The minimum Gasteiger partial charge on any atom is -0.395 e. The van der Waals surface area contributed by atoms with Crippen molar-refractivity contribution in [1.82, 2.24) is 5.16 Å². The summed E-state index contributed by atoms with van der Waals surface area (Å²) >= 11 is 0.938. The maximum absolute atomic E-state index is 12.3. The maximum atomic E-state index is 12.3. The molecule has 0 aliphatic rings. The molecular weight excluding hydrogens is 217 g/mol. The number of hydrogen-bond donors (Lipinski definition) is 1. The number of aryl methyl sites for hydroxylation is 1. The summed E-state index contributed by atoms with van der Waals surface area (Å²) in [5.74, 6) is 0. The summed E-state index contributed by atoms with van der Waals surface area (Å²) in [6, 6.07) is 0. The third-order valence-corrected chi connectivity index (χ3v) is 2.91. The first-order chi connectivity index (χ1) is 6.41. The summed E-state index contributed by atoms with van der Waals surface area (Å²) < 4.78 is 41.5. The number of fused-ring (bicyclic) bond motifs is 1. The molecule has 2 rings (SSSR count). The number of alkyl halides is 3. The molecule has 2 aromatic heterocycles. The molecule has 0 aliphatic carbocycles. The van der Waals surface area contributed by atoms with E-state index in [1.165, 1.54) is 0 Å². The Bertz CT molecular complexity index is 485. The molecule has 0 aliphatic heterocycles. The molecule has 0 bridgehead atoms. The molecule has 0 spiro atoms. The summed E-state index contributed by atoms with van der Waals surface area (Å²) in [5, 5.41) is 2.96. The summed E-state index contributed by atoms with van der Waals surface area (Å²) in [5.41, 5.74) is 4.76. The van der Waals surface area contributed by atoms with Crippen LogP contribution in [0.2, 0.25) is 0 Å². The molecule has 0 fully saturated rings. The van der Waals surface area contributed by atoms with Crippen molar-refractivity contribution in [2.75, 3.05) is 5.73 Å². The smallest absolute Gasteiger partial charge is 0.395 e. The van der Waals surface area contributed by atoms with Crippen LogP contribution >= 0.6 is 11.3 Å². The third kappa shape index (κ3) is 1.16. The van der Waals surface area contributed by atoms with Crippen molar-refractivity contribution in [2.45, 2.75) is 13.1 Å². The fraction of sp³-hybridized carbons (Fsp3) is 0.286. The fourth-order valence-corrected chi connectivity index (χ4v) is 2.09. The Morgan fingerprint density at radius 1 is 1.43 bits per heavy atom. The first kappa shape index (κ1) is 9.32. The van der Waals surface area contributed by atoms with E-state index in [1.807, 2.05) is 0 Å². The highest BCUT2D eigenvalue weighted by Crippen LogP contribution is 2.41. The van der Waals surface area contributed by atoms with Gasteiger partial charge >= 0.3 is 6.18 Å². The van der Waals surface area contributed by atoms with Crippen LogP contribution in [0.5, 0.6) is 0 Å². The molecule has 0 atom stereocenters. The number of nitrogens with two attached hydrogens (primary N) is 1. The standard InChI is InChI=1S/C7H5F3N2OS/c1-2-3(11)4-5(14-2)6(12-13-4)7(8,9)10/h11H2,1H3. The van der Waals surface area contributed by atoms with Crippen LogP contribution in [0.1, 0.15) is 10.6 Å². The molecule has 7 heteroatoms. The van der Waals surface area contributed by atoms with Gasteiger partial charge in [-0.15, -0.1) is 11.3 Å². The zero-order valence-electron chi connectivity index (χ0n) is 6.97. The average Bonchev–Trinajstić information content (AvgIpc) is 2.54. The van der Waals surface area contributed by atoms with Crippen molar-refractivity contribution >= 4 is 27.3 Å². The van der Waals surface area contributed by atoms with Crippen molar-refractivity contribution in [3.63, 3.8) is 0 Å². The number of hydrogen-bond acceptors (Lipinski definition) is 4. The number of anilines is 1. The molecule has 0 aromatic carbocycles. The molecule has 2 N–H and O–H groups in total. The van der Waals surface area contributed by atoms with Crippen LogP contribution in [0, 0.1) is 6.92 Å². The van der Waals surface area contributed by atoms with Crippen LogP contribution < -0.4 is 5.73 Å². The van der Waals surface area contributed by atoms with E-state index in [0.717, 1.165) is 11.3 Å². The molecule has 3 nitrogen and oxygen atoms in total. The molecule has 14 heavy (non-hydrogen) atoms. The van der Waals surface area contributed by atoms with E-state index < -0.39 is 11.9 Å². The lowest BCUT2D eigenvalue weighted by molar-refractivity contribution is -0.141. The summed E-state index contributed by atoms with van der Waals surface area (Å²) in [4.78, 5) is 0.603. The lowest BCUT2D eigenvalue weighted by Crippen LogP contribution is -2.04. The van der Waals surface area contributed by atoms with Gasteiger partial charge in [-0.2, -0.15) is 13.2 Å². The minimum atomic E-state index is -4.49. The van der Waals surface area contributed by atoms with Gasteiger partial charge in [0, 0.05) is 4.88 Å². The first-order valence-electron chi connectivity index (χ1n) is 3.62. The second-order valence-corrected chi connectivity index (χ2v) is 3.98. The Balaban J connectivity index is 2.76. The van der Waals surface area contributed by atoms with Crippen molar-refractivity contribution in [2.24, 2.45) is 0 Å². The Labute approximate surface area is 80.3 Å². The minimum absolute atomic E-state index is 0.0276. The van der Waals surface area contributed by atoms with Gasteiger partial charge in [-0.25, -0.2) is 0 Å². The molecule has 2 heterocycles. The highest BCUT2D eigenvalue weighted by atomic mass is 32.1. The molecule has 0 saturated heterocycles. The number of halogens is 3. The summed E-state index contributed by atoms with van der Waals surface area (Å²) in [6.45, 7) is 1.63. The van der Waals surface area contributed by atoms with Gasteiger partial charge in [0.2, 0.25) is 11.3 Å². The Kier molecular flexibility index (Phi) is 1.75. The average molecular weight is 222 g/mol. The SMILES string of the molecule is Cc1sc2c(C(F)(F)F)noc2c1N. The highest BCUT2D eigenvalue weighted by molar-refractivity contribution is 7.19. The second kappa shape index (κ2) is 2.63. The van der Waals surface area contributed by atoms with Crippen LogP contribution in [0.15, 0.2) is 4.52 Å². The third-order valence-electron chi connectivity index (χ3n) is 1.80. The Hall–Kier alpha value is -1.24. The maximum Gasteiger partial charge on any atom is 0.438 e. The normalized spacial score (nSPS) is 12.6. The van der Waals surface area contributed by atoms with Crippen LogP contribution in [-0.2, 0) is 6.18 Å². The number of rotatable bonds is 0. The number of thiophene rings is 1. The van der Waals surface area contributed by atoms with E-state index in [2.05, 4.69) is 9.68 Å². The van der Waals surface area contributed by atoms with Crippen molar-refractivity contribution < 1.29 is 17.7 Å². The lowest BCUT2D eigenvalue weighted by atomic mass is 10.3. The van der Waals surface area contributed by atoms with E-state index in [1.54, 1.807) is 6.92 Å². The summed E-state index contributed by atoms with van der Waals surface area (Å²) in [6.07, 6.45) is -4.49. The van der Waals surface area contributed by atoms with E-state index in [-0.39, 0.29) is 16.0 Å². The predicted octanol–water partition coefficient (Wildman–Crippen LogP) is 2.80. The van der Waals surface area contributed by atoms with Crippen LogP contribution in [-0.4, -0.2) is 5.16 Å². The van der Waals surface area contributed by atoms with E-state index in [0.29, 0.717) is 4.88 Å². The molecule has 76 valence electrons. The van der Waals surface area contributed by atoms with Gasteiger partial charge in [0.05, 0.1) is 5.69 Å². The topological polar surface area (TPSA) is 52.0 Å². The zero-order chi connectivity index (χ0) is 10.5. The van der Waals surface area contributed by atoms with Gasteiger partial charge in [0.25, 0.3) is 0 Å². The molecule has 0 saturated carbocycles. The second-order valence-electron chi connectivity index (χ2n) is 2.76. The quantitative estimate of drug-likeness (QED) is 0.745. The van der Waals surface area contributed by atoms with Crippen molar-refractivity contribution in [1.29, 1.82) is 0 Å². The molecule has 2 aromatic rings. The summed E-state index contributed by atoms with van der Waals surface area (Å²) in [7, 11) is 0. The van der Waals surface area contributed by atoms with Gasteiger partial charge in [0.15, 0.2) is 0 Å². The largest absolute Gasteiger partial charge is 0.438 e. The van der Waals surface area contributed by atoms with Gasteiger partial charge in [-0.3, -0.25) is 0 Å². The monoisotopic (exact) mass is 222 g/mol. The zero-order valence-corrected chi connectivity index (χ0v) is 7.79. The van der Waals surface area contributed by atoms with Gasteiger partial charge in [0.1, 0.15) is 4.70 Å². The molecule has 0 amide bonds. The predicted molar refractivity (Wildman–Crippen MR) is 46.0 cm³/mol. The Morgan fingerprint density at radius 3 is 2.64 bits per heavy atom. The lowest BCUT2D eigenvalue weighted by Gasteiger charge is -1.98. The van der Waals surface area contributed by atoms with Crippen LogP contribution in [0.3, 0.4) is 0 Å². The van der Waals surface area contributed by atoms with Gasteiger partial charge in [-0.05, 0) is 6.92 Å². The molecule has 0 unspecified atom stereocenters. The first-order valence-corrected chi connectivity index (χ1v) is 4.44. The fourth-order valence-electron chi connectivity index (χ4n) is 1.10.